The van der Waals surface area contributed by atoms with Crippen LogP contribution in [0.25, 0.3) is 0 Å². The van der Waals surface area contributed by atoms with Crippen molar-refractivity contribution in [3.05, 3.63) is 29.6 Å². The molecule has 1 aliphatic carbocycles. The van der Waals surface area contributed by atoms with Gasteiger partial charge in [-0.25, -0.2) is 9.28 Å². The minimum Gasteiger partial charge on any atom is -0.265 e. The Bertz CT molecular complexity index is 456. The number of hydrogen-bond acceptors (Lipinski definition) is 3. The smallest absolute Gasteiger partial charge is 0.131 e. The third kappa shape index (κ3) is 3.25. The summed E-state index contributed by atoms with van der Waals surface area (Å²) in [4.78, 5) is 8.31. The summed E-state index contributed by atoms with van der Waals surface area (Å²) in [6.45, 7) is 5.58. The molecule has 1 saturated carbocycles. The SMILES string of the molecule is C=Nc1ccc(C(OO)C2CCC(CC)CC2)c(F)c1. The molecule has 1 N–H and O–H groups in total. The van der Waals surface area contributed by atoms with Crippen LogP contribution in [-0.4, -0.2) is 12.0 Å². The Morgan fingerprint density at radius 1 is 1.40 bits per heavy atom. The molecule has 0 amide bonds. The van der Waals surface area contributed by atoms with Crippen molar-refractivity contribution in [1.29, 1.82) is 0 Å². The molecule has 1 unspecified atom stereocenters. The molecule has 1 aliphatic rings. The lowest BCUT2D eigenvalue weighted by atomic mass is 9.77. The maximum atomic E-state index is 14.1. The van der Waals surface area contributed by atoms with Crippen LogP contribution in [0.2, 0.25) is 0 Å². The van der Waals surface area contributed by atoms with Gasteiger partial charge in [-0.05, 0) is 43.5 Å². The third-order valence-electron chi connectivity index (χ3n) is 4.48. The van der Waals surface area contributed by atoms with E-state index >= 15 is 0 Å². The molecule has 1 aromatic carbocycles. The molecule has 0 saturated heterocycles. The molecular formula is C16H22FNO2. The first-order chi connectivity index (χ1) is 9.69. The van der Waals surface area contributed by atoms with Gasteiger partial charge in [0.2, 0.25) is 0 Å². The molecule has 110 valence electrons. The van der Waals surface area contributed by atoms with Crippen LogP contribution in [0.15, 0.2) is 23.2 Å². The number of rotatable bonds is 5. The van der Waals surface area contributed by atoms with Gasteiger partial charge in [0, 0.05) is 5.56 Å². The quantitative estimate of drug-likeness (QED) is 0.473. The predicted molar refractivity (Wildman–Crippen MR) is 77.8 cm³/mol. The van der Waals surface area contributed by atoms with E-state index < -0.39 is 11.9 Å². The minimum atomic E-state index is -0.591. The van der Waals surface area contributed by atoms with Crippen molar-refractivity contribution in [3.8, 4) is 0 Å². The van der Waals surface area contributed by atoms with Crippen LogP contribution in [0.5, 0.6) is 0 Å². The maximum Gasteiger partial charge on any atom is 0.131 e. The first-order valence-electron chi connectivity index (χ1n) is 7.26. The monoisotopic (exact) mass is 279 g/mol. The zero-order valence-corrected chi connectivity index (χ0v) is 11.9. The molecule has 0 aliphatic heterocycles. The van der Waals surface area contributed by atoms with Crippen LogP contribution in [-0.2, 0) is 4.89 Å². The Morgan fingerprint density at radius 3 is 2.60 bits per heavy atom. The molecule has 1 fully saturated rings. The fraction of sp³-hybridized carbons (Fsp3) is 0.562. The lowest BCUT2D eigenvalue weighted by Crippen LogP contribution is -2.22. The van der Waals surface area contributed by atoms with Gasteiger partial charge in [0.05, 0.1) is 5.69 Å². The van der Waals surface area contributed by atoms with E-state index in [4.69, 9.17) is 0 Å². The molecule has 2 rings (SSSR count). The Hall–Kier alpha value is -1.26. The Kier molecular flexibility index (Phi) is 5.26. The molecule has 0 aromatic heterocycles. The summed E-state index contributed by atoms with van der Waals surface area (Å²) in [5.74, 6) is 0.522. The zero-order valence-electron chi connectivity index (χ0n) is 11.9. The van der Waals surface area contributed by atoms with Crippen molar-refractivity contribution in [1.82, 2.24) is 0 Å². The third-order valence-corrected chi connectivity index (χ3v) is 4.48. The van der Waals surface area contributed by atoms with Crippen LogP contribution in [0.1, 0.15) is 50.7 Å². The molecule has 0 radical (unpaired) electrons. The van der Waals surface area contributed by atoms with Gasteiger partial charge in [0.1, 0.15) is 11.9 Å². The summed E-state index contributed by atoms with van der Waals surface area (Å²) < 4.78 is 14.1. The molecule has 0 heterocycles. The number of benzene rings is 1. The van der Waals surface area contributed by atoms with Crippen molar-refractivity contribution in [2.24, 2.45) is 16.8 Å². The van der Waals surface area contributed by atoms with Crippen molar-refractivity contribution in [2.45, 2.75) is 45.1 Å². The Balaban J connectivity index is 2.14. The first-order valence-corrected chi connectivity index (χ1v) is 7.26. The molecular weight excluding hydrogens is 257 g/mol. The molecule has 4 heteroatoms. The Morgan fingerprint density at radius 2 is 2.10 bits per heavy atom. The van der Waals surface area contributed by atoms with Crippen LogP contribution in [0.3, 0.4) is 0 Å². The van der Waals surface area contributed by atoms with Crippen molar-refractivity contribution < 1.29 is 14.5 Å². The summed E-state index contributed by atoms with van der Waals surface area (Å²) in [7, 11) is 0. The fourth-order valence-electron chi connectivity index (χ4n) is 3.14. The van der Waals surface area contributed by atoms with Gasteiger partial charge in [-0.3, -0.25) is 10.2 Å². The molecule has 1 aromatic rings. The van der Waals surface area contributed by atoms with Crippen LogP contribution in [0, 0.1) is 17.7 Å². The van der Waals surface area contributed by atoms with E-state index in [0.717, 1.165) is 31.6 Å². The van der Waals surface area contributed by atoms with Gasteiger partial charge < -0.3 is 0 Å². The highest BCUT2D eigenvalue weighted by Crippen LogP contribution is 2.40. The summed E-state index contributed by atoms with van der Waals surface area (Å²) in [6, 6.07) is 4.65. The minimum absolute atomic E-state index is 0.167. The van der Waals surface area contributed by atoms with Gasteiger partial charge >= 0.3 is 0 Å². The van der Waals surface area contributed by atoms with Crippen molar-refractivity contribution >= 4 is 12.4 Å². The second-order valence-electron chi connectivity index (χ2n) is 5.58. The lowest BCUT2D eigenvalue weighted by molar-refractivity contribution is -0.296. The van der Waals surface area contributed by atoms with Gasteiger partial charge in [-0.1, -0.05) is 32.3 Å². The van der Waals surface area contributed by atoms with Crippen LogP contribution in [0.4, 0.5) is 10.1 Å². The number of hydrogen-bond donors (Lipinski definition) is 1. The van der Waals surface area contributed by atoms with Gasteiger partial charge in [-0.15, -0.1) is 0 Å². The van der Waals surface area contributed by atoms with E-state index in [1.165, 1.54) is 12.5 Å². The van der Waals surface area contributed by atoms with E-state index in [2.05, 4.69) is 23.5 Å². The second kappa shape index (κ2) is 6.95. The normalized spacial score (nSPS) is 24.4. The van der Waals surface area contributed by atoms with Crippen molar-refractivity contribution in [3.63, 3.8) is 0 Å². The van der Waals surface area contributed by atoms with E-state index in [1.807, 2.05) is 0 Å². The number of nitrogens with zero attached hydrogens (tertiary/aromatic N) is 1. The van der Waals surface area contributed by atoms with Gasteiger partial charge in [0.15, 0.2) is 0 Å². The van der Waals surface area contributed by atoms with Crippen LogP contribution < -0.4 is 0 Å². The summed E-state index contributed by atoms with van der Waals surface area (Å²) in [5, 5.41) is 9.20. The molecule has 3 nitrogen and oxygen atoms in total. The van der Waals surface area contributed by atoms with Crippen LogP contribution >= 0.6 is 0 Å². The highest BCUT2D eigenvalue weighted by molar-refractivity contribution is 5.47. The summed E-state index contributed by atoms with van der Waals surface area (Å²) in [6.07, 6.45) is 4.76. The summed E-state index contributed by atoms with van der Waals surface area (Å²) in [5.41, 5.74) is 0.887. The largest absolute Gasteiger partial charge is 0.265 e. The molecule has 20 heavy (non-hydrogen) atoms. The Labute approximate surface area is 119 Å². The zero-order chi connectivity index (χ0) is 14.5. The average molecular weight is 279 g/mol. The van der Waals surface area contributed by atoms with Crippen molar-refractivity contribution in [2.75, 3.05) is 0 Å². The standard InChI is InChI=1S/C16H22FNO2/c1-3-11-4-6-12(7-5-11)16(20-19)14-9-8-13(18-2)10-15(14)17/h8-12,16,19H,2-7H2,1H3. The number of aliphatic imine (C=N–C) groups is 1. The first kappa shape index (κ1) is 15.1. The number of halogens is 1. The van der Waals surface area contributed by atoms with E-state index in [1.54, 1.807) is 12.1 Å². The fourth-order valence-corrected chi connectivity index (χ4v) is 3.14. The highest BCUT2D eigenvalue weighted by Gasteiger charge is 2.30. The molecule has 1 atom stereocenters. The lowest BCUT2D eigenvalue weighted by Gasteiger charge is -2.32. The molecule has 0 spiro atoms. The maximum absolute atomic E-state index is 14.1. The molecule has 0 bridgehead atoms. The van der Waals surface area contributed by atoms with Gasteiger partial charge in [-0.2, -0.15) is 0 Å². The predicted octanol–water partition coefficient (Wildman–Crippen LogP) is 4.90. The van der Waals surface area contributed by atoms with E-state index in [-0.39, 0.29) is 5.92 Å². The average Bonchev–Trinajstić information content (AvgIpc) is 2.50. The second-order valence-corrected chi connectivity index (χ2v) is 5.58. The highest BCUT2D eigenvalue weighted by atomic mass is 19.1. The van der Waals surface area contributed by atoms with Gasteiger partial charge in [0.25, 0.3) is 0 Å². The summed E-state index contributed by atoms with van der Waals surface area (Å²) >= 11 is 0. The van der Waals surface area contributed by atoms with E-state index in [9.17, 15) is 9.65 Å². The van der Waals surface area contributed by atoms with E-state index in [0.29, 0.717) is 11.3 Å². The topological polar surface area (TPSA) is 41.8 Å².